The molecular formula is C12H15N3O2. The van der Waals surface area contributed by atoms with Crippen LogP contribution in [0.2, 0.25) is 0 Å². The molecule has 1 aromatic carbocycles. The molecule has 1 atom stereocenters. The van der Waals surface area contributed by atoms with E-state index in [1.165, 1.54) is 0 Å². The van der Waals surface area contributed by atoms with Crippen LogP contribution in [0.25, 0.3) is 0 Å². The summed E-state index contributed by atoms with van der Waals surface area (Å²) in [5, 5.41) is 5.78. The zero-order valence-electron chi connectivity index (χ0n) is 9.86. The third-order valence-electron chi connectivity index (χ3n) is 2.45. The van der Waals surface area contributed by atoms with Crippen molar-refractivity contribution in [2.45, 2.75) is 13.0 Å². The summed E-state index contributed by atoms with van der Waals surface area (Å²) >= 11 is 0. The summed E-state index contributed by atoms with van der Waals surface area (Å²) in [7, 11) is 1.59. The molecule has 0 aromatic heterocycles. The third kappa shape index (κ3) is 2.75. The molecule has 2 rings (SSSR count). The van der Waals surface area contributed by atoms with E-state index in [0.29, 0.717) is 23.8 Å². The Balaban J connectivity index is 2.03. The van der Waals surface area contributed by atoms with E-state index in [2.05, 4.69) is 15.6 Å². The SMILES string of the molecule is COc1cccc(NC(=O)C2=NCC(C)N2)c1. The molecule has 0 bridgehead atoms. The van der Waals surface area contributed by atoms with E-state index in [0.717, 1.165) is 0 Å². The van der Waals surface area contributed by atoms with Crippen LogP contribution < -0.4 is 15.4 Å². The molecule has 5 heteroatoms. The van der Waals surface area contributed by atoms with Crippen molar-refractivity contribution in [3.8, 4) is 5.75 Å². The van der Waals surface area contributed by atoms with Crippen LogP contribution in [0.3, 0.4) is 0 Å². The first-order valence-electron chi connectivity index (χ1n) is 5.45. The number of nitrogens with zero attached hydrogens (tertiary/aromatic N) is 1. The van der Waals surface area contributed by atoms with Crippen molar-refractivity contribution >= 4 is 17.4 Å². The monoisotopic (exact) mass is 233 g/mol. The number of methoxy groups -OCH3 is 1. The molecule has 0 spiro atoms. The van der Waals surface area contributed by atoms with Gasteiger partial charge in [0, 0.05) is 17.8 Å². The van der Waals surface area contributed by atoms with Crippen LogP contribution >= 0.6 is 0 Å². The number of benzene rings is 1. The van der Waals surface area contributed by atoms with Crippen molar-refractivity contribution in [1.82, 2.24) is 5.32 Å². The largest absolute Gasteiger partial charge is 0.497 e. The molecule has 5 nitrogen and oxygen atoms in total. The van der Waals surface area contributed by atoms with Gasteiger partial charge in [-0.1, -0.05) is 6.07 Å². The Bertz CT molecular complexity index is 457. The molecule has 0 radical (unpaired) electrons. The predicted octanol–water partition coefficient (Wildman–Crippen LogP) is 1.02. The Kier molecular flexibility index (Phi) is 3.27. The van der Waals surface area contributed by atoms with Gasteiger partial charge in [0.15, 0.2) is 5.84 Å². The number of anilines is 1. The summed E-state index contributed by atoms with van der Waals surface area (Å²) in [6.07, 6.45) is 0. The lowest BCUT2D eigenvalue weighted by atomic mass is 10.3. The number of carbonyl (C=O) groups excluding carboxylic acids is 1. The number of hydrogen-bond donors (Lipinski definition) is 2. The number of aliphatic imine (C=N–C) groups is 1. The van der Waals surface area contributed by atoms with Gasteiger partial charge in [-0.15, -0.1) is 0 Å². The van der Waals surface area contributed by atoms with E-state index < -0.39 is 0 Å². The van der Waals surface area contributed by atoms with Gasteiger partial charge in [-0.2, -0.15) is 0 Å². The van der Waals surface area contributed by atoms with E-state index in [4.69, 9.17) is 4.74 Å². The number of ether oxygens (including phenoxy) is 1. The summed E-state index contributed by atoms with van der Waals surface area (Å²) in [6, 6.07) is 7.43. The average Bonchev–Trinajstić information content (AvgIpc) is 2.76. The lowest BCUT2D eigenvalue weighted by Crippen LogP contribution is -2.36. The van der Waals surface area contributed by atoms with Crippen molar-refractivity contribution in [2.75, 3.05) is 19.0 Å². The van der Waals surface area contributed by atoms with Crippen LogP contribution in [-0.4, -0.2) is 31.4 Å². The van der Waals surface area contributed by atoms with Gasteiger partial charge in [0.05, 0.1) is 13.7 Å². The van der Waals surface area contributed by atoms with Crippen molar-refractivity contribution in [3.63, 3.8) is 0 Å². The van der Waals surface area contributed by atoms with E-state index in [1.54, 1.807) is 19.2 Å². The minimum atomic E-state index is -0.220. The highest BCUT2D eigenvalue weighted by Gasteiger charge is 2.19. The lowest BCUT2D eigenvalue weighted by molar-refractivity contribution is -0.110. The molecule has 1 heterocycles. The molecule has 1 aliphatic rings. The van der Waals surface area contributed by atoms with E-state index in [1.807, 2.05) is 19.1 Å². The number of carbonyl (C=O) groups is 1. The van der Waals surface area contributed by atoms with Gasteiger partial charge >= 0.3 is 0 Å². The standard InChI is InChI=1S/C12H15N3O2/c1-8-7-13-11(14-8)12(16)15-9-4-3-5-10(6-9)17-2/h3-6,8H,7H2,1-2H3,(H,13,14)(H,15,16). The maximum atomic E-state index is 11.8. The lowest BCUT2D eigenvalue weighted by Gasteiger charge is -2.08. The zero-order chi connectivity index (χ0) is 12.3. The van der Waals surface area contributed by atoms with Gasteiger partial charge in [-0.25, -0.2) is 0 Å². The highest BCUT2D eigenvalue weighted by atomic mass is 16.5. The predicted molar refractivity (Wildman–Crippen MR) is 66.5 cm³/mol. The highest BCUT2D eigenvalue weighted by molar-refractivity contribution is 6.42. The second-order valence-corrected chi connectivity index (χ2v) is 3.92. The summed E-state index contributed by atoms with van der Waals surface area (Å²) in [5.41, 5.74) is 0.693. The van der Waals surface area contributed by atoms with Gasteiger partial charge < -0.3 is 15.4 Å². The smallest absolute Gasteiger partial charge is 0.290 e. The molecule has 0 aliphatic carbocycles. The van der Waals surface area contributed by atoms with Crippen molar-refractivity contribution in [1.29, 1.82) is 0 Å². The molecule has 90 valence electrons. The summed E-state index contributed by atoms with van der Waals surface area (Å²) in [4.78, 5) is 15.9. The summed E-state index contributed by atoms with van der Waals surface area (Å²) < 4.78 is 5.08. The van der Waals surface area contributed by atoms with Crippen LogP contribution in [-0.2, 0) is 4.79 Å². The summed E-state index contributed by atoms with van der Waals surface area (Å²) in [6.45, 7) is 2.62. The van der Waals surface area contributed by atoms with Gasteiger partial charge in [0.1, 0.15) is 5.75 Å². The molecule has 17 heavy (non-hydrogen) atoms. The first kappa shape index (κ1) is 11.4. The maximum Gasteiger partial charge on any atom is 0.290 e. The van der Waals surface area contributed by atoms with Gasteiger partial charge in [0.2, 0.25) is 0 Å². The number of amides is 1. The fourth-order valence-electron chi connectivity index (χ4n) is 1.58. The Morgan fingerprint density at radius 2 is 2.41 bits per heavy atom. The Morgan fingerprint density at radius 3 is 3.06 bits per heavy atom. The van der Waals surface area contributed by atoms with Gasteiger partial charge in [-0.3, -0.25) is 9.79 Å². The Labute approximate surface area is 99.9 Å². The van der Waals surface area contributed by atoms with E-state index in [9.17, 15) is 4.79 Å². The van der Waals surface area contributed by atoms with Crippen LogP contribution in [0, 0.1) is 0 Å². The zero-order valence-corrected chi connectivity index (χ0v) is 9.86. The molecule has 1 aliphatic heterocycles. The molecule has 1 unspecified atom stereocenters. The van der Waals surface area contributed by atoms with Crippen molar-refractivity contribution < 1.29 is 9.53 Å². The van der Waals surface area contributed by atoms with Crippen LogP contribution in [0.15, 0.2) is 29.3 Å². The fourth-order valence-corrected chi connectivity index (χ4v) is 1.58. The average molecular weight is 233 g/mol. The van der Waals surface area contributed by atoms with Crippen molar-refractivity contribution in [2.24, 2.45) is 4.99 Å². The van der Waals surface area contributed by atoms with Crippen molar-refractivity contribution in [3.05, 3.63) is 24.3 Å². The van der Waals surface area contributed by atoms with Crippen LogP contribution in [0.5, 0.6) is 5.75 Å². The second-order valence-electron chi connectivity index (χ2n) is 3.92. The van der Waals surface area contributed by atoms with E-state index >= 15 is 0 Å². The summed E-state index contributed by atoms with van der Waals surface area (Å²) in [5.74, 6) is 0.875. The number of amidine groups is 1. The molecule has 1 amide bonds. The number of hydrogen-bond acceptors (Lipinski definition) is 4. The Hall–Kier alpha value is -2.04. The van der Waals surface area contributed by atoms with E-state index in [-0.39, 0.29) is 11.9 Å². The minimum absolute atomic E-state index is 0.220. The molecule has 0 saturated heterocycles. The minimum Gasteiger partial charge on any atom is -0.497 e. The van der Waals surface area contributed by atoms with Crippen LogP contribution in [0.4, 0.5) is 5.69 Å². The fraction of sp³-hybridized carbons (Fsp3) is 0.333. The maximum absolute atomic E-state index is 11.8. The van der Waals surface area contributed by atoms with Gasteiger partial charge in [0.25, 0.3) is 5.91 Å². The van der Waals surface area contributed by atoms with Crippen LogP contribution in [0.1, 0.15) is 6.92 Å². The first-order chi connectivity index (χ1) is 8.19. The normalized spacial score (nSPS) is 18.2. The highest BCUT2D eigenvalue weighted by Crippen LogP contribution is 2.16. The first-order valence-corrected chi connectivity index (χ1v) is 5.45. The molecular weight excluding hydrogens is 218 g/mol. The Morgan fingerprint density at radius 1 is 1.59 bits per heavy atom. The number of nitrogens with one attached hydrogen (secondary N) is 2. The van der Waals surface area contributed by atoms with Gasteiger partial charge in [-0.05, 0) is 19.1 Å². The molecule has 1 aromatic rings. The quantitative estimate of drug-likeness (QED) is 0.819. The second kappa shape index (κ2) is 4.86. The molecule has 0 fully saturated rings. The molecule has 2 N–H and O–H groups in total. The third-order valence-corrected chi connectivity index (χ3v) is 2.45. The topological polar surface area (TPSA) is 62.7 Å². The molecule has 0 saturated carbocycles. The number of rotatable bonds is 3.